The Morgan fingerprint density at radius 3 is 3.05 bits per heavy atom. The molecule has 1 aromatic rings. The molecule has 2 fully saturated rings. The second-order valence-corrected chi connectivity index (χ2v) is 6.14. The summed E-state index contributed by atoms with van der Waals surface area (Å²) in [5.41, 5.74) is 3.71. The van der Waals surface area contributed by atoms with Crippen LogP contribution in [0.3, 0.4) is 0 Å². The number of fused-ring (bicyclic) bond motifs is 2. The van der Waals surface area contributed by atoms with Crippen LogP contribution in [0.2, 0.25) is 0 Å². The average Bonchev–Trinajstić information content (AvgIpc) is 2.90. The summed E-state index contributed by atoms with van der Waals surface area (Å²) in [7, 11) is 0. The summed E-state index contributed by atoms with van der Waals surface area (Å²) in [5, 5.41) is 19.4. The molecule has 22 heavy (non-hydrogen) atoms. The first kappa shape index (κ1) is 15.4. The number of aliphatic hydroxyl groups excluding tert-OH is 2. The lowest BCUT2D eigenvalue weighted by Crippen LogP contribution is -2.49. The molecule has 2 heterocycles. The lowest BCUT2D eigenvalue weighted by molar-refractivity contribution is -0.0978. The van der Waals surface area contributed by atoms with Gasteiger partial charge < -0.3 is 20.7 Å². The molecule has 1 saturated carbocycles. The molecule has 1 saturated heterocycles. The van der Waals surface area contributed by atoms with Crippen LogP contribution in [0, 0.1) is 11.3 Å². The Bertz CT molecular complexity index is 624. The van der Waals surface area contributed by atoms with Gasteiger partial charge in [0.2, 0.25) is 0 Å². The second-order valence-electron chi connectivity index (χ2n) is 6.14. The monoisotopic (exact) mass is 313 g/mol. The van der Waals surface area contributed by atoms with Crippen LogP contribution in [0.1, 0.15) is 19.4 Å². The van der Waals surface area contributed by atoms with Gasteiger partial charge in [-0.2, -0.15) is 4.98 Å². The normalized spacial score (nSPS) is 38.4. The zero-order chi connectivity index (χ0) is 16.1. The van der Waals surface area contributed by atoms with Crippen molar-refractivity contribution in [3.63, 3.8) is 0 Å². The largest absolute Gasteiger partial charge is 0.396 e. The van der Waals surface area contributed by atoms with E-state index in [1.165, 1.54) is 16.8 Å². The topological polar surface area (TPSA) is 111 Å². The van der Waals surface area contributed by atoms with E-state index in [1.54, 1.807) is 6.92 Å². The lowest BCUT2D eigenvalue weighted by Gasteiger charge is -2.38. The Kier molecular flexibility index (Phi) is 3.70. The Labute approximate surface area is 126 Å². The standard InChI is InChI=1S/C14H20FN3O4/c1-7-11-10(18-4-2-9(16)17-13(18)21)12(15)14(7,6-22-11)8(20)3-5-19/h2,4,7-8,10-12,19-20H,3,5-6H2,1H3,(H2,16,17,21). The third-order valence-electron chi connectivity index (χ3n) is 5.21. The Morgan fingerprint density at radius 1 is 1.68 bits per heavy atom. The van der Waals surface area contributed by atoms with Gasteiger partial charge in [0.15, 0.2) is 0 Å². The molecule has 122 valence electrons. The molecule has 1 aliphatic heterocycles. The number of hydrogen-bond acceptors (Lipinski definition) is 6. The molecule has 1 aliphatic carbocycles. The van der Waals surface area contributed by atoms with Crippen molar-refractivity contribution < 1.29 is 19.3 Å². The van der Waals surface area contributed by atoms with Crippen LogP contribution in [-0.2, 0) is 4.74 Å². The number of alkyl halides is 1. The number of aliphatic hydroxyl groups is 2. The molecular weight excluding hydrogens is 293 g/mol. The predicted molar refractivity (Wildman–Crippen MR) is 75.9 cm³/mol. The molecule has 6 unspecified atom stereocenters. The quantitative estimate of drug-likeness (QED) is 0.690. The van der Waals surface area contributed by atoms with E-state index in [0.29, 0.717) is 0 Å². The maximum atomic E-state index is 15.2. The lowest BCUT2D eigenvalue weighted by atomic mass is 9.73. The molecule has 0 spiro atoms. The molecule has 7 nitrogen and oxygen atoms in total. The van der Waals surface area contributed by atoms with Crippen molar-refractivity contribution in [2.24, 2.45) is 11.3 Å². The molecular formula is C14H20FN3O4. The van der Waals surface area contributed by atoms with Crippen molar-refractivity contribution in [3.8, 4) is 0 Å². The average molecular weight is 313 g/mol. The van der Waals surface area contributed by atoms with E-state index in [4.69, 9.17) is 15.6 Å². The van der Waals surface area contributed by atoms with Gasteiger partial charge in [-0.05, 0) is 18.4 Å². The zero-order valence-electron chi connectivity index (χ0n) is 12.2. The molecule has 8 heteroatoms. The predicted octanol–water partition coefficient (Wildman–Crippen LogP) is -0.517. The van der Waals surface area contributed by atoms with Crippen molar-refractivity contribution in [3.05, 3.63) is 22.7 Å². The number of hydrogen-bond donors (Lipinski definition) is 3. The van der Waals surface area contributed by atoms with Crippen molar-refractivity contribution >= 4 is 5.82 Å². The van der Waals surface area contributed by atoms with Crippen LogP contribution in [0.4, 0.5) is 10.2 Å². The number of ether oxygens (including phenoxy) is 1. The molecule has 2 aliphatic rings. The van der Waals surface area contributed by atoms with Gasteiger partial charge in [0.1, 0.15) is 12.0 Å². The zero-order valence-corrected chi connectivity index (χ0v) is 12.2. The molecule has 0 amide bonds. The highest BCUT2D eigenvalue weighted by atomic mass is 19.1. The van der Waals surface area contributed by atoms with Crippen LogP contribution < -0.4 is 11.4 Å². The smallest absolute Gasteiger partial charge is 0.349 e. The number of rotatable bonds is 4. The highest BCUT2D eigenvalue weighted by Crippen LogP contribution is 2.58. The second kappa shape index (κ2) is 5.29. The Morgan fingerprint density at radius 2 is 2.41 bits per heavy atom. The fraction of sp³-hybridized carbons (Fsp3) is 0.714. The van der Waals surface area contributed by atoms with Gasteiger partial charge in [0.05, 0.1) is 30.3 Å². The van der Waals surface area contributed by atoms with Crippen LogP contribution >= 0.6 is 0 Å². The minimum Gasteiger partial charge on any atom is -0.396 e. The van der Waals surface area contributed by atoms with Gasteiger partial charge in [-0.25, -0.2) is 9.18 Å². The first-order valence-electron chi connectivity index (χ1n) is 7.32. The van der Waals surface area contributed by atoms with Crippen LogP contribution in [0.15, 0.2) is 17.1 Å². The summed E-state index contributed by atoms with van der Waals surface area (Å²) in [6.45, 7) is 1.65. The summed E-state index contributed by atoms with van der Waals surface area (Å²) in [5.74, 6) is -0.206. The van der Waals surface area contributed by atoms with E-state index in [0.717, 1.165) is 0 Å². The van der Waals surface area contributed by atoms with E-state index < -0.39 is 35.5 Å². The molecule has 0 radical (unpaired) electrons. The van der Waals surface area contributed by atoms with Gasteiger partial charge in [-0.3, -0.25) is 4.57 Å². The number of aromatic nitrogens is 2. The summed E-state index contributed by atoms with van der Waals surface area (Å²) in [6.07, 6.45) is -1.54. The molecule has 1 aromatic heterocycles. The van der Waals surface area contributed by atoms with Gasteiger partial charge in [-0.1, -0.05) is 6.92 Å². The summed E-state index contributed by atoms with van der Waals surface area (Å²) < 4.78 is 22.0. The summed E-state index contributed by atoms with van der Waals surface area (Å²) in [6, 6.07) is 0.583. The molecule has 3 rings (SSSR count). The van der Waals surface area contributed by atoms with E-state index in [1.807, 2.05) is 0 Å². The maximum Gasteiger partial charge on any atom is 0.349 e. The van der Waals surface area contributed by atoms with E-state index in [2.05, 4.69) is 4.98 Å². The molecule has 6 atom stereocenters. The molecule has 2 bridgehead atoms. The van der Waals surface area contributed by atoms with Crippen LogP contribution in [-0.4, -0.2) is 51.4 Å². The molecule has 0 aromatic carbocycles. The summed E-state index contributed by atoms with van der Waals surface area (Å²) >= 11 is 0. The highest BCUT2D eigenvalue weighted by molar-refractivity contribution is 5.25. The van der Waals surface area contributed by atoms with Crippen LogP contribution in [0.25, 0.3) is 0 Å². The Balaban J connectivity index is 2.01. The minimum atomic E-state index is -1.47. The van der Waals surface area contributed by atoms with Crippen molar-refractivity contribution in [2.45, 2.75) is 37.8 Å². The third kappa shape index (κ3) is 1.90. The van der Waals surface area contributed by atoms with Crippen molar-refractivity contribution in [1.29, 1.82) is 0 Å². The van der Waals surface area contributed by atoms with Crippen LogP contribution in [0.5, 0.6) is 0 Å². The summed E-state index contributed by atoms with van der Waals surface area (Å²) in [4.78, 5) is 15.6. The minimum absolute atomic E-state index is 0.0719. The third-order valence-corrected chi connectivity index (χ3v) is 5.21. The fourth-order valence-corrected chi connectivity index (χ4v) is 3.96. The SMILES string of the molecule is CC1C2OCC1(C(O)CCO)C(F)C2n1ccc(N)nc1=O. The van der Waals surface area contributed by atoms with Crippen molar-refractivity contribution in [1.82, 2.24) is 9.55 Å². The first-order chi connectivity index (χ1) is 10.4. The fourth-order valence-electron chi connectivity index (χ4n) is 3.96. The van der Waals surface area contributed by atoms with E-state index in [9.17, 15) is 9.90 Å². The van der Waals surface area contributed by atoms with Gasteiger partial charge in [-0.15, -0.1) is 0 Å². The number of anilines is 1. The number of nitrogens with two attached hydrogens (primary N) is 1. The molecule has 4 N–H and O–H groups in total. The maximum absolute atomic E-state index is 15.2. The first-order valence-corrected chi connectivity index (χ1v) is 7.32. The number of nitrogen functional groups attached to an aromatic ring is 1. The van der Waals surface area contributed by atoms with Gasteiger partial charge in [0, 0.05) is 12.8 Å². The van der Waals surface area contributed by atoms with E-state index >= 15 is 4.39 Å². The highest BCUT2D eigenvalue weighted by Gasteiger charge is 2.68. The van der Waals surface area contributed by atoms with Gasteiger partial charge >= 0.3 is 5.69 Å². The van der Waals surface area contributed by atoms with Crippen molar-refractivity contribution in [2.75, 3.05) is 18.9 Å². The number of nitrogens with zero attached hydrogens (tertiary/aromatic N) is 2. The van der Waals surface area contributed by atoms with Gasteiger partial charge in [0.25, 0.3) is 0 Å². The Hall–Kier alpha value is -1.51. The van der Waals surface area contributed by atoms with E-state index in [-0.39, 0.29) is 31.4 Å². The number of halogens is 1.